The molecule has 0 aliphatic rings. The minimum Gasteiger partial charge on any atom is -0.313 e. The van der Waals surface area contributed by atoms with E-state index in [1.54, 1.807) is 17.9 Å². The van der Waals surface area contributed by atoms with Crippen molar-refractivity contribution in [3.8, 4) is 0 Å². The van der Waals surface area contributed by atoms with Crippen LogP contribution >= 0.6 is 0 Å². The van der Waals surface area contributed by atoms with Crippen molar-refractivity contribution in [2.24, 2.45) is 7.05 Å². The molecule has 0 aromatic carbocycles. The highest BCUT2D eigenvalue weighted by Crippen LogP contribution is 2.14. The summed E-state index contributed by atoms with van der Waals surface area (Å²) in [5.74, 6) is 0. The number of rotatable bonds is 7. The van der Waals surface area contributed by atoms with Gasteiger partial charge in [-0.25, -0.2) is 8.42 Å². The molecule has 0 atom stereocenters. The molecule has 2 aromatic rings. The molecule has 9 heteroatoms. The predicted octanol–water partition coefficient (Wildman–Crippen LogP) is 0.415. The number of aromatic nitrogens is 4. The topological polar surface area (TPSA) is 93.8 Å². The molecule has 2 heterocycles. The predicted molar refractivity (Wildman–Crippen MR) is 79.4 cm³/mol. The zero-order chi connectivity index (χ0) is 15.5. The molecule has 0 bridgehead atoms. The molecule has 0 amide bonds. The van der Waals surface area contributed by atoms with Gasteiger partial charge in [-0.05, 0) is 0 Å². The molecule has 0 saturated carbocycles. The number of anilines is 1. The van der Waals surface area contributed by atoms with E-state index in [-0.39, 0.29) is 4.90 Å². The van der Waals surface area contributed by atoms with E-state index in [2.05, 4.69) is 34.1 Å². The highest BCUT2D eigenvalue weighted by atomic mass is 32.2. The first-order chi connectivity index (χ1) is 9.87. The molecule has 0 unspecified atom stereocenters. The van der Waals surface area contributed by atoms with Gasteiger partial charge in [-0.1, -0.05) is 13.8 Å². The highest BCUT2D eigenvalue weighted by molar-refractivity contribution is 7.92. The first-order valence-electron chi connectivity index (χ1n) is 6.64. The summed E-state index contributed by atoms with van der Waals surface area (Å²) in [6, 6.07) is 0.385. The van der Waals surface area contributed by atoms with Gasteiger partial charge in [0.05, 0.1) is 24.6 Å². The maximum absolute atomic E-state index is 12.2. The van der Waals surface area contributed by atoms with Gasteiger partial charge in [-0.15, -0.1) is 0 Å². The van der Waals surface area contributed by atoms with Gasteiger partial charge in [0.1, 0.15) is 4.90 Å². The average Bonchev–Trinajstić information content (AvgIpc) is 2.98. The zero-order valence-corrected chi connectivity index (χ0v) is 13.1. The van der Waals surface area contributed by atoms with Crippen LogP contribution in [0.2, 0.25) is 0 Å². The summed E-state index contributed by atoms with van der Waals surface area (Å²) in [6.07, 6.45) is 5.90. The van der Waals surface area contributed by atoms with Gasteiger partial charge in [0.2, 0.25) is 0 Å². The van der Waals surface area contributed by atoms with Crippen LogP contribution in [0.1, 0.15) is 13.8 Å². The third kappa shape index (κ3) is 4.30. The molecular formula is C12H20N6O2S. The maximum atomic E-state index is 12.2. The molecule has 2 aromatic heterocycles. The maximum Gasteiger partial charge on any atom is 0.265 e. The molecule has 0 radical (unpaired) electrons. The monoisotopic (exact) mass is 312 g/mol. The van der Waals surface area contributed by atoms with E-state index in [1.807, 2.05) is 0 Å². The average molecular weight is 312 g/mol. The number of aryl methyl sites for hydroxylation is 1. The fourth-order valence-corrected chi connectivity index (χ4v) is 2.74. The molecule has 0 fully saturated rings. The Balaban J connectivity index is 2.02. The van der Waals surface area contributed by atoms with Crippen LogP contribution in [0.25, 0.3) is 0 Å². The largest absolute Gasteiger partial charge is 0.313 e. The minimum atomic E-state index is -3.63. The van der Waals surface area contributed by atoms with E-state index in [4.69, 9.17) is 0 Å². The molecule has 0 aliphatic carbocycles. The lowest BCUT2D eigenvalue weighted by Gasteiger charge is -2.07. The van der Waals surface area contributed by atoms with E-state index in [9.17, 15) is 8.42 Å². The van der Waals surface area contributed by atoms with Crippen LogP contribution in [0.5, 0.6) is 0 Å². The van der Waals surface area contributed by atoms with Gasteiger partial charge in [0.15, 0.2) is 0 Å². The lowest BCUT2D eigenvalue weighted by atomic mass is 10.4. The van der Waals surface area contributed by atoms with Gasteiger partial charge < -0.3 is 5.32 Å². The Bertz CT molecular complexity index is 688. The normalized spacial score (nSPS) is 12.0. The summed E-state index contributed by atoms with van der Waals surface area (Å²) in [5, 5.41) is 11.2. The van der Waals surface area contributed by atoms with E-state index in [1.165, 1.54) is 23.3 Å². The van der Waals surface area contributed by atoms with Crippen LogP contribution in [0.3, 0.4) is 0 Å². The van der Waals surface area contributed by atoms with Gasteiger partial charge in [0, 0.05) is 32.0 Å². The van der Waals surface area contributed by atoms with E-state index < -0.39 is 10.0 Å². The summed E-state index contributed by atoms with van der Waals surface area (Å²) in [4.78, 5) is 0.135. The van der Waals surface area contributed by atoms with E-state index in [0.717, 1.165) is 6.54 Å². The van der Waals surface area contributed by atoms with E-state index in [0.29, 0.717) is 18.3 Å². The second-order valence-corrected chi connectivity index (χ2v) is 6.74. The fourth-order valence-electron chi connectivity index (χ4n) is 1.76. The van der Waals surface area contributed by atoms with Crippen molar-refractivity contribution in [1.29, 1.82) is 0 Å². The van der Waals surface area contributed by atoms with Crippen molar-refractivity contribution in [2.45, 2.75) is 31.3 Å². The Morgan fingerprint density at radius 1 is 1.24 bits per heavy atom. The van der Waals surface area contributed by atoms with Gasteiger partial charge in [-0.2, -0.15) is 10.2 Å². The SMILES string of the molecule is CC(C)NCCn1cc(S(=O)(=O)Nc2cnn(C)c2)cn1. The van der Waals surface area contributed by atoms with Crippen LogP contribution < -0.4 is 10.0 Å². The highest BCUT2D eigenvalue weighted by Gasteiger charge is 2.17. The number of hydrogen-bond donors (Lipinski definition) is 2. The van der Waals surface area contributed by atoms with Crippen molar-refractivity contribution in [3.05, 3.63) is 24.8 Å². The summed E-state index contributed by atoms with van der Waals surface area (Å²) in [7, 11) is -1.91. The molecule has 21 heavy (non-hydrogen) atoms. The van der Waals surface area contributed by atoms with Crippen LogP contribution in [-0.4, -0.2) is 40.6 Å². The fraction of sp³-hybridized carbons (Fsp3) is 0.500. The summed E-state index contributed by atoms with van der Waals surface area (Å²) < 4.78 is 30.0. The Morgan fingerprint density at radius 3 is 2.62 bits per heavy atom. The third-order valence-corrected chi connectivity index (χ3v) is 4.11. The Labute approximate surface area is 124 Å². The standard InChI is InChI=1S/C12H20N6O2S/c1-10(2)13-4-5-18-9-12(7-15-18)21(19,20)16-11-6-14-17(3)8-11/h6-10,13,16H,4-5H2,1-3H3. The first-order valence-corrected chi connectivity index (χ1v) is 8.12. The number of nitrogens with zero attached hydrogens (tertiary/aromatic N) is 4. The van der Waals surface area contributed by atoms with Crippen molar-refractivity contribution >= 4 is 15.7 Å². The number of nitrogens with one attached hydrogen (secondary N) is 2. The third-order valence-electron chi connectivity index (χ3n) is 2.77. The Kier molecular flexibility index (Phi) is 4.63. The quantitative estimate of drug-likeness (QED) is 0.772. The Hall–Kier alpha value is -1.87. The van der Waals surface area contributed by atoms with Gasteiger partial charge in [0.25, 0.3) is 10.0 Å². The molecular weight excluding hydrogens is 292 g/mol. The van der Waals surface area contributed by atoms with Crippen molar-refractivity contribution in [3.63, 3.8) is 0 Å². The zero-order valence-electron chi connectivity index (χ0n) is 12.3. The van der Waals surface area contributed by atoms with Crippen LogP contribution in [0.15, 0.2) is 29.7 Å². The summed E-state index contributed by atoms with van der Waals surface area (Å²) in [6.45, 7) is 5.45. The molecule has 2 N–H and O–H groups in total. The van der Waals surface area contributed by atoms with E-state index >= 15 is 0 Å². The minimum absolute atomic E-state index is 0.135. The van der Waals surface area contributed by atoms with Crippen LogP contribution in [-0.2, 0) is 23.6 Å². The van der Waals surface area contributed by atoms with Gasteiger partial charge >= 0.3 is 0 Å². The Morgan fingerprint density at radius 2 is 2.00 bits per heavy atom. The summed E-state index contributed by atoms with van der Waals surface area (Å²) >= 11 is 0. The van der Waals surface area contributed by atoms with Crippen molar-refractivity contribution < 1.29 is 8.42 Å². The van der Waals surface area contributed by atoms with Crippen molar-refractivity contribution in [1.82, 2.24) is 24.9 Å². The van der Waals surface area contributed by atoms with Gasteiger partial charge in [-0.3, -0.25) is 14.1 Å². The molecule has 0 spiro atoms. The first kappa shape index (κ1) is 15.5. The molecule has 8 nitrogen and oxygen atoms in total. The molecule has 2 rings (SSSR count). The van der Waals surface area contributed by atoms with Crippen LogP contribution in [0, 0.1) is 0 Å². The molecule has 0 saturated heterocycles. The lowest BCUT2D eigenvalue weighted by molar-refractivity contribution is 0.515. The second-order valence-electron chi connectivity index (χ2n) is 5.06. The number of hydrogen-bond acceptors (Lipinski definition) is 5. The second kappa shape index (κ2) is 6.27. The van der Waals surface area contributed by atoms with Crippen molar-refractivity contribution in [2.75, 3.05) is 11.3 Å². The van der Waals surface area contributed by atoms with Crippen LogP contribution in [0.4, 0.5) is 5.69 Å². The molecule has 0 aliphatic heterocycles. The lowest BCUT2D eigenvalue weighted by Crippen LogP contribution is -2.26. The smallest absolute Gasteiger partial charge is 0.265 e. The summed E-state index contributed by atoms with van der Waals surface area (Å²) in [5.41, 5.74) is 0.423. The molecule has 116 valence electrons. The number of sulfonamides is 1.